The fourth-order valence-electron chi connectivity index (χ4n) is 4.43. The molecule has 5 rings (SSSR count). The lowest BCUT2D eigenvalue weighted by Gasteiger charge is -2.20. The number of halogens is 1. The number of ether oxygens (including phenoxy) is 1. The van der Waals surface area contributed by atoms with Gasteiger partial charge in [0.15, 0.2) is 0 Å². The summed E-state index contributed by atoms with van der Waals surface area (Å²) < 4.78 is 6.25. The second-order valence-electron chi connectivity index (χ2n) is 7.84. The molecular formula is C26H24ClNO. The van der Waals surface area contributed by atoms with Crippen LogP contribution in [0.2, 0.25) is 5.02 Å². The van der Waals surface area contributed by atoms with Gasteiger partial charge in [0, 0.05) is 16.3 Å². The minimum absolute atomic E-state index is 0.349. The summed E-state index contributed by atoms with van der Waals surface area (Å²) in [6.07, 6.45) is 11.3. The van der Waals surface area contributed by atoms with Crippen LogP contribution in [0.4, 0.5) is 0 Å². The lowest BCUT2D eigenvalue weighted by molar-refractivity contribution is 0.262. The Morgan fingerprint density at radius 1 is 1.00 bits per heavy atom. The molecule has 0 amide bonds. The maximum Gasteiger partial charge on any atom is 0.143 e. The van der Waals surface area contributed by atoms with Gasteiger partial charge in [-0.3, -0.25) is 0 Å². The Balaban J connectivity index is 1.52. The highest BCUT2D eigenvalue weighted by Gasteiger charge is 2.24. The Kier molecular flexibility index (Phi) is 5.03. The third-order valence-electron chi connectivity index (χ3n) is 5.86. The number of hydrogen-bond donors (Lipinski definition) is 1. The number of hydrogen-bond acceptors (Lipinski definition) is 1. The molecule has 1 N–H and O–H groups in total. The van der Waals surface area contributed by atoms with Crippen LogP contribution in [0, 0.1) is 0 Å². The summed E-state index contributed by atoms with van der Waals surface area (Å²) in [6.45, 7) is 0.579. The number of nitrogens with one attached hydrogen (secondary N) is 1. The van der Waals surface area contributed by atoms with Crippen LogP contribution in [0.25, 0.3) is 11.8 Å². The van der Waals surface area contributed by atoms with Gasteiger partial charge < -0.3 is 9.72 Å². The standard InChI is InChI=1S/C26H24ClNO/c27-21-13-10-18(11-14-21)16-20-12-15-24(29-17-19-6-2-1-3-7-19)26-25(20)22-8-4-5-9-23(22)28-26/h1-3,6-7,9-15,20,28H,4-5,8,16-17H2. The van der Waals surface area contributed by atoms with Crippen molar-refractivity contribution in [2.45, 2.75) is 38.2 Å². The topological polar surface area (TPSA) is 25.0 Å². The monoisotopic (exact) mass is 401 g/mol. The van der Waals surface area contributed by atoms with Crippen LogP contribution in [0.3, 0.4) is 0 Å². The van der Waals surface area contributed by atoms with Crippen molar-refractivity contribution in [3.05, 3.63) is 105 Å². The summed E-state index contributed by atoms with van der Waals surface area (Å²) in [4.78, 5) is 3.68. The third kappa shape index (κ3) is 3.77. The molecule has 3 aromatic rings. The van der Waals surface area contributed by atoms with Gasteiger partial charge in [-0.25, -0.2) is 0 Å². The summed E-state index contributed by atoms with van der Waals surface area (Å²) in [7, 11) is 0. The number of rotatable bonds is 5. The molecule has 146 valence electrons. The van der Waals surface area contributed by atoms with Gasteiger partial charge in [0.05, 0.1) is 5.35 Å². The summed E-state index contributed by atoms with van der Waals surface area (Å²) >= 11 is 6.07. The normalized spacial score (nSPS) is 17.4. The summed E-state index contributed by atoms with van der Waals surface area (Å²) in [5.74, 6) is 1.29. The predicted molar refractivity (Wildman–Crippen MR) is 119 cm³/mol. The van der Waals surface area contributed by atoms with Crippen LogP contribution in [0.5, 0.6) is 0 Å². The van der Waals surface area contributed by atoms with E-state index in [1.807, 2.05) is 18.2 Å². The highest BCUT2D eigenvalue weighted by atomic mass is 35.5. The van der Waals surface area contributed by atoms with Crippen molar-refractivity contribution in [1.82, 2.24) is 4.98 Å². The molecule has 0 aliphatic heterocycles. The average Bonchev–Trinajstić information content (AvgIpc) is 3.16. The molecule has 0 spiro atoms. The summed E-state index contributed by atoms with van der Waals surface area (Å²) in [5, 5.41) is 3.23. The second kappa shape index (κ2) is 7.96. The van der Waals surface area contributed by atoms with Gasteiger partial charge in [0.1, 0.15) is 12.4 Å². The van der Waals surface area contributed by atoms with E-state index in [-0.39, 0.29) is 0 Å². The van der Waals surface area contributed by atoms with Gasteiger partial charge in [0.2, 0.25) is 0 Å². The number of aromatic amines is 1. The molecule has 2 aliphatic rings. The molecule has 0 radical (unpaired) electrons. The molecule has 1 heterocycles. The molecule has 0 bridgehead atoms. The van der Waals surface area contributed by atoms with E-state index in [1.54, 1.807) is 0 Å². The molecule has 0 saturated carbocycles. The van der Waals surface area contributed by atoms with Crippen molar-refractivity contribution < 1.29 is 4.74 Å². The fourth-order valence-corrected chi connectivity index (χ4v) is 4.55. The van der Waals surface area contributed by atoms with Crippen molar-refractivity contribution in [2.75, 3.05) is 0 Å². The minimum Gasteiger partial charge on any atom is -0.487 e. The van der Waals surface area contributed by atoms with Crippen molar-refractivity contribution in [3.63, 3.8) is 0 Å². The van der Waals surface area contributed by atoms with E-state index in [2.05, 4.69) is 59.6 Å². The Bertz CT molecular complexity index is 1160. The lowest BCUT2D eigenvalue weighted by atomic mass is 9.85. The molecule has 1 aromatic heterocycles. The molecule has 29 heavy (non-hydrogen) atoms. The van der Waals surface area contributed by atoms with E-state index in [0.29, 0.717) is 12.5 Å². The second-order valence-corrected chi connectivity index (χ2v) is 8.27. The highest BCUT2D eigenvalue weighted by Crippen LogP contribution is 2.28. The number of aromatic nitrogens is 1. The first-order valence-corrected chi connectivity index (χ1v) is 10.7. The van der Waals surface area contributed by atoms with Crippen LogP contribution in [-0.2, 0) is 24.2 Å². The van der Waals surface area contributed by atoms with Crippen LogP contribution in [0.1, 0.15) is 41.0 Å². The van der Waals surface area contributed by atoms with E-state index in [9.17, 15) is 0 Å². The van der Waals surface area contributed by atoms with Gasteiger partial charge >= 0.3 is 0 Å². The van der Waals surface area contributed by atoms with Crippen molar-refractivity contribution in [1.29, 1.82) is 0 Å². The molecule has 3 heteroatoms. The Hall–Kier alpha value is -2.71. The van der Waals surface area contributed by atoms with E-state index in [1.165, 1.54) is 34.0 Å². The van der Waals surface area contributed by atoms with Gasteiger partial charge in [-0.05, 0) is 66.1 Å². The largest absolute Gasteiger partial charge is 0.487 e. The van der Waals surface area contributed by atoms with Crippen molar-refractivity contribution >= 4 is 23.4 Å². The minimum atomic E-state index is 0.349. The molecule has 2 aliphatic carbocycles. The molecule has 2 nitrogen and oxygen atoms in total. The van der Waals surface area contributed by atoms with E-state index >= 15 is 0 Å². The average molecular weight is 402 g/mol. The summed E-state index contributed by atoms with van der Waals surface area (Å²) in [6, 6.07) is 18.6. The fraction of sp³-hybridized carbons (Fsp3) is 0.231. The lowest BCUT2D eigenvalue weighted by Crippen LogP contribution is -2.22. The zero-order chi connectivity index (χ0) is 19.6. The van der Waals surface area contributed by atoms with Gasteiger partial charge in [0.25, 0.3) is 0 Å². The number of fused-ring (bicyclic) bond motifs is 3. The predicted octanol–water partition coefficient (Wildman–Crippen LogP) is 5.01. The summed E-state index contributed by atoms with van der Waals surface area (Å²) in [5.41, 5.74) is 5.37. The molecule has 0 saturated heterocycles. The van der Waals surface area contributed by atoms with E-state index < -0.39 is 0 Å². The first-order valence-electron chi connectivity index (χ1n) is 10.3. The Morgan fingerprint density at radius 3 is 2.66 bits per heavy atom. The number of allylic oxidation sites excluding steroid dienone is 1. The Labute approximate surface area is 176 Å². The number of benzene rings is 2. The van der Waals surface area contributed by atoms with Crippen LogP contribution in [-0.4, -0.2) is 4.98 Å². The molecule has 2 aromatic carbocycles. The van der Waals surface area contributed by atoms with Crippen LogP contribution >= 0.6 is 11.6 Å². The number of H-pyrrole nitrogens is 1. The van der Waals surface area contributed by atoms with Gasteiger partial charge in [-0.15, -0.1) is 0 Å². The first kappa shape index (κ1) is 18.3. The Morgan fingerprint density at radius 2 is 1.83 bits per heavy atom. The van der Waals surface area contributed by atoms with E-state index in [0.717, 1.165) is 35.4 Å². The molecule has 1 unspecified atom stereocenters. The third-order valence-corrected chi connectivity index (χ3v) is 6.11. The van der Waals surface area contributed by atoms with E-state index in [4.69, 9.17) is 16.3 Å². The highest BCUT2D eigenvalue weighted by molar-refractivity contribution is 6.30. The maximum atomic E-state index is 6.25. The van der Waals surface area contributed by atoms with Crippen molar-refractivity contribution in [3.8, 4) is 0 Å². The van der Waals surface area contributed by atoms with Gasteiger partial charge in [-0.2, -0.15) is 0 Å². The zero-order valence-electron chi connectivity index (χ0n) is 16.3. The SMILES string of the molecule is Clc1ccc(CC2C=CC(OCc3ccccc3)=c3[nH]c4c(c32)CCCC=4)cc1. The molecular weight excluding hydrogens is 378 g/mol. The quantitative estimate of drug-likeness (QED) is 0.639. The first-order chi connectivity index (χ1) is 14.3. The zero-order valence-corrected chi connectivity index (χ0v) is 17.1. The van der Waals surface area contributed by atoms with Crippen LogP contribution in [0.15, 0.2) is 66.7 Å². The maximum absolute atomic E-state index is 6.25. The molecule has 0 fully saturated rings. The van der Waals surface area contributed by atoms with Crippen molar-refractivity contribution in [2.24, 2.45) is 0 Å². The molecule has 1 atom stereocenters. The van der Waals surface area contributed by atoms with Crippen LogP contribution < -0.4 is 10.7 Å². The van der Waals surface area contributed by atoms with Gasteiger partial charge in [-0.1, -0.05) is 66.2 Å². The smallest absolute Gasteiger partial charge is 0.143 e.